The summed E-state index contributed by atoms with van der Waals surface area (Å²) in [6, 6.07) is 24.6. The number of carbonyl (C=O) groups is 1. The Morgan fingerprint density at radius 3 is 2.23 bits per heavy atom. The minimum Gasteiger partial charge on any atom is -0.493 e. The number of hydrogen-bond donors (Lipinski definition) is 0. The van der Waals surface area contributed by atoms with Gasteiger partial charge in [-0.05, 0) is 53.6 Å². The van der Waals surface area contributed by atoms with E-state index in [1.807, 2.05) is 36.4 Å². The summed E-state index contributed by atoms with van der Waals surface area (Å²) in [5, 5.41) is 0.749. The van der Waals surface area contributed by atoms with E-state index in [0.717, 1.165) is 28.6 Å². The van der Waals surface area contributed by atoms with Crippen molar-refractivity contribution < 1.29 is 32.2 Å². The highest BCUT2D eigenvalue weighted by atomic mass is 19.4. The third-order valence-electron chi connectivity index (χ3n) is 6.15. The highest BCUT2D eigenvalue weighted by molar-refractivity contribution is 5.94. The molecule has 0 fully saturated rings. The summed E-state index contributed by atoms with van der Waals surface area (Å²) < 4.78 is 55.2. The molecule has 202 valence electrons. The molecule has 0 aliphatic rings. The van der Waals surface area contributed by atoms with Crippen molar-refractivity contribution >= 4 is 16.9 Å². The Morgan fingerprint density at radius 1 is 0.825 bits per heavy atom. The number of aromatic nitrogens is 2. The Bertz CT molecular complexity index is 1620. The molecule has 9 heteroatoms. The first-order valence-electron chi connectivity index (χ1n) is 12.3. The lowest BCUT2D eigenvalue weighted by Crippen LogP contribution is -2.11. The van der Waals surface area contributed by atoms with Gasteiger partial charge < -0.3 is 14.2 Å². The lowest BCUT2D eigenvalue weighted by Gasteiger charge is -2.13. The van der Waals surface area contributed by atoms with Crippen LogP contribution < -0.4 is 14.2 Å². The van der Waals surface area contributed by atoms with Crippen molar-refractivity contribution in [1.29, 1.82) is 0 Å². The molecule has 0 saturated heterocycles. The zero-order valence-electron chi connectivity index (χ0n) is 21.3. The van der Waals surface area contributed by atoms with Gasteiger partial charge in [0.2, 0.25) is 0 Å². The first kappa shape index (κ1) is 26.7. The molecule has 0 saturated carbocycles. The molecule has 4 aromatic carbocycles. The van der Waals surface area contributed by atoms with E-state index < -0.39 is 17.7 Å². The number of methoxy groups -OCH3 is 1. The fourth-order valence-electron chi connectivity index (χ4n) is 4.13. The number of alkyl halides is 3. The van der Waals surface area contributed by atoms with Crippen LogP contribution in [0, 0.1) is 0 Å². The van der Waals surface area contributed by atoms with E-state index in [4.69, 9.17) is 14.2 Å². The molecule has 0 bridgehead atoms. The Labute approximate surface area is 228 Å². The molecule has 40 heavy (non-hydrogen) atoms. The SMILES string of the molecule is COc1cc2c(-c3ccc(OC(=O)Cc4ccc(C(F)(F)F)cc4)cc3)ncnc2cc1OCc1ccccc1. The van der Waals surface area contributed by atoms with Gasteiger partial charge in [-0.25, -0.2) is 9.97 Å². The Kier molecular flexibility index (Phi) is 7.63. The summed E-state index contributed by atoms with van der Waals surface area (Å²) >= 11 is 0. The lowest BCUT2D eigenvalue weighted by atomic mass is 10.1. The van der Waals surface area contributed by atoms with Crippen molar-refractivity contribution in [2.45, 2.75) is 19.2 Å². The van der Waals surface area contributed by atoms with Crippen molar-refractivity contribution in [3.8, 4) is 28.5 Å². The maximum absolute atomic E-state index is 12.7. The largest absolute Gasteiger partial charge is 0.493 e. The third-order valence-corrected chi connectivity index (χ3v) is 6.15. The zero-order chi connectivity index (χ0) is 28.1. The summed E-state index contributed by atoms with van der Waals surface area (Å²) in [5.74, 6) is 0.799. The van der Waals surface area contributed by atoms with Gasteiger partial charge in [-0.3, -0.25) is 4.79 Å². The second kappa shape index (κ2) is 11.4. The molecule has 0 atom stereocenters. The molecule has 0 aliphatic heterocycles. The van der Waals surface area contributed by atoms with Crippen molar-refractivity contribution in [2.24, 2.45) is 0 Å². The van der Waals surface area contributed by atoms with Gasteiger partial charge in [0.15, 0.2) is 11.5 Å². The number of esters is 1. The fraction of sp³-hybridized carbons (Fsp3) is 0.129. The summed E-state index contributed by atoms with van der Waals surface area (Å²) in [6.07, 6.45) is -3.13. The van der Waals surface area contributed by atoms with Gasteiger partial charge in [-0.15, -0.1) is 0 Å². The van der Waals surface area contributed by atoms with E-state index in [9.17, 15) is 18.0 Å². The average molecular weight is 545 g/mol. The van der Waals surface area contributed by atoms with E-state index in [2.05, 4.69) is 9.97 Å². The Hall–Kier alpha value is -4.92. The molecule has 5 rings (SSSR count). The standard InChI is InChI=1S/C31H23F3N2O4/c1-38-27-16-25-26(17-28(27)39-18-21-5-3-2-4-6-21)35-19-36-30(25)22-9-13-24(14-10-22)40-29(37)15-20-7-11-23(12-8-20)31(32,33)34/h2-14,16-17,19H,15,18H2,1H3. The number of carbonyl (C=O) groups excluding carboxylic acids is 1. The van der Waals surface area contributed by atoms with Crippen molar-refractivity contribution in [3.63, 3.8) is 0 Å². The topological polar surface area (TPSA) is 70.5 Å². The lowest BCUT2D eigenvalue weighted by molar-refractivity contribution is -0.137. The monoisotopic (exact) mass is 544 g/mol. The average Bonchev–Trinajstić information content (AvgIpc) is 2.96. The molecule has 1 heterocycles. The van der Waals surface area contributed by atoms with Crippen LogP contribution >= 0.6 is 0 Å². The maximum Gasteiger partial charge on any atom is 0.416 e. The van der Waals surface area contributed by atoms with Gasteiger partial charge in [0.25, 0.3) is 0 Å². The molecule has 0 spiro atoms. The summed E-state index contributed by atoms with van der Waals surface area (Å²) in [4.78, 5) is 21.2. The molecule has 0 aliphatic carbocycles. The van der Waals surface area contributed by atoms with Gasteiger partial charge in [0.05, 0.1) is 30.3 Å². The van der Waals surface area contributed by atoms with Crippen LogP contribution in [0.15, 0.2) is 97.3 Å². The molecule has 0 unspecified atom stereocenters. The minimum absolute atomic E-state index is 0.162. The summed E-state index contributed by atoms with van der Waals surface area (Å²) in [7, 11) is 1.56. The van der Waals surface area contributed by atoms with Crippen LogP contribution in [0.1, 0.15) is 16.7 Å². The van der Waals surface area contributed by atoms with Gasteiger partial charge in [0.1, 0.15) is 18.7 Å². The highest BCUT2D eigenvalue weighted by Gasteiger charge is 2.30. The molecular weight excluding hydrogens is 521 g/mol. The quantitative estimate of drug-likeness (QED) is 0.154. The number of fused-ring (bicyclic) bond motifs is 1. The Balaban J connectivity index is 1.30. The van der Waals surface area contributed by atoms with Gasteiger partial charge in [-0.1, -0.05) is 42.5 Å². The molecule has 1 aromatic heterocycles. The van der Waals surface area contributed by atoms with E-state index in [1.165, 1.54) is 18.5 Å². The molecule has 6 nitrogen and oxygen atoms in total. The van der Waals surface area contributed by atoms with E-state index >= 15 is 0 Å². The number of hydrogen-bond acceptors (Lipinski definition) is 6. The summed E-state index contributed by atoms with van der Waals surface area (Å²) in [5.41, 5.74) is 2.75. The van der Waals surface area contributed by atoms with Crippen molar-refractivity contribution in [3.05, 3.63) is 114 Å². The maximum atomic E-state index is 12.7. The minimum atomic E-state index is -4.43. The number of nitrogens with zero attached hydrogens (tertiary/aromatic N) is 2. The van der Waals surface area contributed by atoms with Gasteiger partial charge in [0, 0.05) is 17.0 Å². The zero-order valence-corrected chi connectivity index (χ0v) is 21.3. The molecule has 0 N–H and O–H groups in total. The van der Waals surface area contributed by atoms with Gasteiger partial charge >= 0.3 is 12.1 Å². The Morgan fingerprint density at radius 2 is 1.55 bits per heavy atom. The first-order chi connectivity index (χ1) is 19.3. The second-order valence-corrected chi connectivity index (χ2v) is 8.89. The number of rotatable bonds is 8. The van der Waals surface area contributed by atoms with E-state index in [0.29, 0.717) is 40.6 Å². The fourth-order valence-corrected chi connectivity index (χ4v) is 4.13. The van der Waals surface area contributed by atoms with Crippen LogP contribution in [0.5, 0.6) is 17.2 Å². The second-order valence-electron chi connectivity index (χ2n) is 8.89. The highest BCUT2D eigenvalue weighted by Crippen LogP contribution is 2.36. The van der Waals surface area contributed by atoms with Crippen LogP contribution in [0.4, 0.5) is 13.2 Å². The van der Waals surface area contributed by atoms with Crippen molar-refractivity contribution in [1.82, 2.24) is 9.97 Å². The summed E-state index contributed by atoms with van der Waals surface area (Å²) in [6.45, 7) is 0.375. The van der Waals surface area contributed by atoms with Crippen LogP contribution in [0.25, 0.3) is 22.2 Å². The number of benzene rings is 4. The predicted octanol–water partition coefficient (Wildman–Crippen LogP) is 7.05. The number of halogens is 3. The molecule has 0 amide bonds. The van der Waals surface area contributed by atoms with Crippen molar-refractivity contribution in [2.75, 3.05) is 7.11 Å². The van der Waals surface area contributed by atoms with Gasteiger partial charge in [-0.2, -0.15) is 13.2 Å². The molecular formula is C31H23F3N2O4. The molecule has 5 aromatic rings. The van der Waals surface area contributed by atoms with E-state index in [1.54, 1.807) is 37.4 Å². The number of ether oxygens (including phenoxy) is 3. The van der Waals surface area contributed by atoms with Crippen LogP contribution in [-0.4, -0.2) is 23.0 Å². The predicted molar refractivity (Wildman–Crippen MR) is 143 cm³/mol. The normalized spacial score (nSPS) is 11.3. The first-order valence-corrected chi connectivity index (χ1v) is 12.3. The van der Waals surface area contributed by atoms with E-state index in [-0.39, 0.29) is 6.42 Å². The van der Waals surface area contributed by atoms with Crippen LogP contribution in [0.3, 0.4) is 0 Å². The third kappa shape index (κ3) is 6.20. The molecule has 0 radical (unpaired) electrons. The smallest absolute Gasteiger partial charge is 0.416 e. The van der Waals surface area contributed by atoms with Crippen LogP contribution in [-0.2, 0) is 24.0 Å². The van der Waals surface area contributed by atoms with Crippen LogP contribution in [0.2, 0.25) is 0 Å².